The molecule has 2 heterocycles. The largest absolute Gasteiger partial charge is 0.371 e. The number of aromatic nitrogens is 1. The van der Waals surface area contributed by atoms with E-state index >= 15 is 0 Å². The van der Waals surface area contributed by atoms with Gasteiger partial charge in [-0.25, -0.2) is 0 Å². The van der Waals surface area contributed by atoms with Gasteiger partial charge in [0.2, 0.25) is 0 Å². The van der Waals surface area contributed by atoms with Crippen LogP contribution in [0.3, 0.4) is 0 Å². The topological polar surface area (TPSA) is 36.4 Å². The Hall–Kier alpha value is -1.58. The lowest BCUT2D eigenvalue weighted by atomic mass is 9.99. The first-order valence-corrected chi connectivity index (χ1v) is 8.66. The second-order valence-corrected chi connectivity index (χ2v) is 6.36. The maximum atomic E-state index is 12.7. The highest BCUT2D eigenvalue weighted by Crippen LogP contribution is 2.23. The molecule has 1 saturated heterocycles. The summed E-state index contributed by atoms with van der Waals surface area (Å²) in [6.07, 6.45) is 6.19. The molecule has 1 aromatic heterocycles. The molecule has 0 N–H and O–H groups in total. The van der Waals surface area contributed by atoms with Gasteiger partial charge in [-0.05, 0) is 43.7 Å². The van der Waals surface area contributed by atoms with Crippen molar-refractivity contribution in [2.75, 3.05) is 31.1 Å². The molecule has 4 heteroatoms. The summed E-state index contributed by atoms with van der Waals surface area (Å²) in [6, 6.07) is 3.99. The van der Waals surface area contributed by atoms with Crippen LogP contribution in [0.5, 0.6) is 0 Å². The van der Waals surface area contributed by atoms with Gasteiger partial charge in [-0.15, -0.1) is 0 Å². The van der Waals surface area contributed by atoms with Crippen LogP contribution in [0.2, 0.25) is 0 Å². The highest BCUT2D eigenvalue weighted by atomic mass is 16.2. The molecule has 2 rings (SSSR count). The van der Waals surface area contributed by atoms with Crippen molar-refractivity contribution in [1.82, 2.24) is 9.88 Å². The van der Waals surface area contributed by atoms with Gasteiger partial charge >= 0.3 is 0 Å². The number of amides is 1. The lowest BCUT2D eigenvalue weighted by Gasteiger charge is -2.32. The van der Waals surface area contributed by atoms with Crippen molar-refractivity contribution in [3.63, 3.8) is 0 Å². The number of carbonyl (C=O) groups is 1. The molecule has 0 radical (unpaired) electrons. The van der Waals surface area contributed by atoms with Crippen molar-refractivity contribution in [1.29, 1.82) is 0 Å². The fourth-order valence-electron chi connectivity index (χ4n) is 3.02. The first kappa shape index (κ1) is 16.8. The van der Waals surface area contributed by atoms with Gasteiger partial charge in [0.1, 0.15) is 5.69 Å². The number of hydrogen-bond donors (Lipinski definition) is 0. The van der Waals surface area contributed by atoms with Crippen LogP contribution >= 0.6 is 0 Å². The fraction of sp³-hybridized carbons (Fsp3) is 0.667. The Balaban J connectivity index is 2.11. The average molecular weight is 303 g/mol. The summed E-state index contributed by atoms with van der Waals surface area (Å²) in [5, 5.41) is 0. The zero-order valence-corrected chi connectivity index (χ0v) is 14.2. The molecular formula is C18H29N3O. The number of piperidine rings is 1. The minimum atomic E-state index is 0.0657. The number of hydrogen-bond acceptors (Lipinski definition) is 3. The van der Waals surface area contributed by atoms with Crippen molar-refractivity contribution < 1.29 is 4.79 Å². The molecule has 1 amide bonds. The Labute approximate surface area is 134 Å². The maximum absolute atomic E-state index is 12.7. The smallest absolute Gasteiger partial charge is 0.272 e. The number of pyridine rings is 1. The van der Waals surface area contributed by atoms with Gasteiger partial charge in [-0.3, -0.25) is 9.78 Å². The molecule has 1 aromatic rings. The van der Waals surface area contributed by atoms with E-state index in [9.17, 15) is 4.79 Å². The van der Waals surface area contributed by atoms with Crippen molar-refractivity contribution in [3.05, 3.63) is 24.0 Å². The number of rotatable bonds is 6. The SMILES string of the molecule is CCCN(CCC)C(=O)c1cc(N2CCC(C)CC2)ccn1. The molecule has 1 aliphatic heterocycles. The summed E-state index contributed by atoms with van der Waals surface area (Å²) in [4.78, 5) is 21.3. The average Bonchev–Trinajstić information content (AvgIpc) is 2.55. The van der Waals surface area contributed by atoms with Crippen LogP contribution in [-0.2, 0) is 0 Å². The summed E-state index contributed by atoms with van der Waals surface area (Å²) < 4.78 is 0. The fourth-order valence-corrected chi connectivity index (χ4v) is 3.02. The number of nitrogens with zero attached hydrogens (tertiary/aromatic N) is 3. The highest BCUT2D eigenvalue weighted by molar-refractivity contribution is 5.93. The summed E-state index contributed by atoms with van der Waals surface area (Å²) in [5.74, 6) is 0.875. The maximum Gasteiger partial charge on any atom is 0.272 e. The molecule has 0 atom stereocenters. The molecule has 122 valence electrons. The van der Waals surface area contributed by atoms with E-state index in [1.54, 1.807) is 6.20 Å². The molecular weight excluding hydrogens is 274 g/mol. The van der Waals surface area contributed by atoms with Crippen molar-refractivity contribution in [2.45, 2.75) is 46.5 Å². The Morgan fingerprint density at radius 1 is 1.27 bits per heavy atom. The second-order valence-electron chi connectivity index (χ2n) is 6.36. The molecule has 0 bridgehead atoms. The lowest BCUT2D eigenvalue weighted by Crippen LogP contribution is -2.34. The van der Waals surface area contributed by atoms with Gasteiger partial charge < -0.3 is 9.80 Å². The van der Waals surface area contributed by atoms with Crippen molar-refractivity contribution in [2.24, 2.45) is 5.92 Å². The molecule has 1 aliphatic rings. The van der Waals surface area contributed by atoms with Crippen LogP contribution < -0.4 is 4.90 Å². The van der Waals surface area contributed by atoms with Crippen LogP contribution in [0.1, 0.15) is 56.9 Å². The Morgan fingerprint density at radius 2 is 1.91 bits per heavy atom. The van der Waals surface area contributed by atoms with Crippen molar-refractivity contribution in [3.8, 4) is 0 Å². The van der Waals surface area contributed by atoms with E-state index in [0.717, 1.165) is 50.6 Å². The lowest BCUT2D eigenvalue weighted by molar-refractivity contribution is 0.0749. The summed E-state index contributed by atoms with van der Waals surface area (Å²) >= 11 is 0. The molecule has 1 fully saturated rings. The second kappa shape index (κ2) is 8.16. The van der Waals surface area contributed by atoms with Crippen molar-refractivity contribution >= 4 is 11.6 Å². The molecule has 4 nitrogen and oxygen atoms in total. The van der Waals surface area contributed by atoms with Crippen LogP contribution in [-0.4, -0.2) is 42.0 Å². The number of anilines is 1. The minimum Gasteiger partial charge on any atom is -0.371 e. The molecule has 0 saturated carbocycles. The summed E-state index contributed by atoms with van der Waals surface area (Å²) in [7, 11) is 0. The molecule has 0 unspecified atom stereocenters. The standard InChI is InChI=1S/C18H29N3O/c1-4-10-21(11-5-2)18(22)17-14-16(6-9-19-17)20-12-7-15(3)8-13-20/h6,9,14-15H,4-5,7-8,10-13H2,1-3H3. The van der Waals surface area contributed by atoms with Crippen LogP contribution in [0.4, 0.5) is 5.69 Å². The van der Waals surface area contributed by atoms with Gasteiger partial charge in [-0.2, -0.15) is 0 Å². The van der Waals surface area contributed by atoms with E-state index in [2.05, 4.69) is 30.7 Å². The molecule has 0 aliphatic carbocycles. The van der Waals surface area contributed by atoms with E-state index in [4.69, 9.17) is 0 Å². The predicted octanol–water partition coefficient (Wildman–Crippen LogP) is 3.58. The summed E-state index contributed by atoms with van der Waals surface area (Å²) in [6.45, 7) is 10.3. The quantitative estimate of drug-likeness (QED) is 0.806. The third kappa shape index (κ3) is 4.21. The van der Waals surface area contributed by atoms with Gasteiger partial charge in [0, 0.05) is 38.1 Å². The molecule has 0 aromatic carbocycles. The Bertz CT molecular complexity index is 475. The third-order valence-electron chi connectivity index (χ3n) is 4.39. The van der Waals surface area contributed by atoms with E-state index in [1.165, 1.54) is 12.8 Å². The van der Waals surface area contributed by atoms with Gasteiger partial charge in [0.25, 0.3) is 5.91 Å². The Kier molecular flexibility index (Phi) is 6.22. The van der Waals surface area contributed by atoms with E-state index < -0.39 is 0 Å². The first-order valence-electron chi connectivity index (χ1n) is 8.66. The highest BCUT2D eigenvalue weighted by Gasteiger charge is 2.19. The van der Waals surface area contributed by atoms with Crippen LogP contribution in [0.25, 0.3) is 0 Å². The monoisotopic (exact) mass is 303 g/mol. The molecule has 0 spiro atoms. The van der Waals surface area contributed by atoms with Gasteiger partial charge in [0.15, 0.2) is 0 Å². The van der Waals surface area contributed by atoms with Gasteiger partial charge in [-0.1, -0.05) is 20.8 Å². The minimum absolute atomic E-state index is 0.0657. The first-order chi connectivity index (χ1) is 10.7. The van der Waals surface area contributed by atoms with E-state index in [0.29, 0.717) is 5.69 Å². The predicted molar refractivity (Wildman–Crippen MR) is 91.3 cm³/mol. The zero-order valence-electron chi connectivity index (χ0n) is 14.2. The van der Waals surface area contributed by atoms with E-state index in [-0.39, 0.29) is 5.91 Å². The number of carbonyl (C=O) groups excluding carboxylic acids is 1. The Morgan fingerprint density at radius 3 is 2.50 bits per heavy atom. The third-order valence-corrected chi connectivity index (χ3v) is 4.39. The normalized spacial score (nSPS) is 15.9. The molecule has 22 heavy (non-hydrogen) atoms. The van der Waals surface area contributed by atoms with Crippen LogP contribution in [0.15, 0.2) is 18.3 Å². The zero-order chi connectivity index (χ0) is 15.9. The summed E-state index contributed by atoms with van der Waals surface area (Å²) in [5.41, 5.74) is 1.72. The van der Waals surface area contributed by atoms with Gasteiger partial charge in [0.05, 0.1) is 0 Å². The van der Waals surface area contributed by atoms with E-state index in [1.807, 2.05) is 17.0 Å². The van der Waals surface area contributed by atoms with Crippen LogP contribution in [0, 0.1) is 5.92 Å².